The summed E-state index contributed by atoms with van der Waals surface area (Å²) < 4.78 is 20.7. The van der Waals surface area contributed by atoms with E-state index in [1.165, 1.54) is 18.5 Å². The first kappa shape index (κ1) is 17.5. The van der Waals surface area contributed by atoms with Crippen LogP contribution in [0.5, 0.6) is 0 Å². The van der Waals surface area contributed by atoms with Gasteiger partial charge >= 0.3 is 5.97 Å². The fourth-order valence-electron chi connectivity index (χ4n) is 2.76. The Labute approximate surface area is 149 Å². The third-order valence-corrected chi connectivity index (χ3v) is 4.71. The van der Waals surface area contributed by atoms with E-state index in [0.29, 0.717) is 29.4 Å². The van der Waals surface area contributed by atoms with Crippen LogP contribution in [0.15, 0.2) is 41.9 Å². The van der Waals surface area contributed by atoms with E-state index in [0.717, 1.165) is 11.5 Å². The van der Waals surface area contributed by atoms with Gasteiger partial charge in [-0.3, -0.25) is 0 Å². The molecule has 8 heteroatoms. The molecule has 1 aromatic carbocycles. The highest BCUT2D eigenvalue weighted by Crippen LogP contribution is 2.35. The number of allylic oxidation sites excluding steroid dienone is 1. The van der Waals surface area contributed by atoms with E-state index in [1.807, 2.05) is 0 Å². The molecule has 1 atom stereocenters. The second kappa shape index (κ2) is 7.69. The van der Waals surface area contributed by atoms with Crippen molar-refractivity contribution in [2.24, 2.45) is 0 Å². The number of anilines is 1. The molecule has 0 fully saturated rings. The lowest BCUT2D eigenvalue weighted by molar-refractivity contribution is -0.138. The molecule has 1 N–H and O–H groups in total. The van der Waals surface area contributed by atoms with Crippen molar-refractivity contribution in [3.05, 3.63) is 53.2 Å². The number of aromatic nitrogens is 3. The molecule has 0 saturated heterocycles. The van der Waals surface area contributed by atoms with Gasteiger partial charge in [0.1, 0.15) is 24.8 Å². The van der Waals surface area contributed by atoms with Gasteiger partial charge in [0.05, 0.1) is 5.57 Å². The quantitative estimate of drug-likeness (QED) is 0.629. The van der Waals surface area contributed by atoms with Gasteiger partial charge in [-0.1, -0.05) is 19.1 Å². The van der Waals surface area contributed by atoms with Crippen molar-refractivity contribution < 1.29 is 13.9 Å². The Morgan fingerprint density at radius 3 is 3.08 bits per heavy atom. The summed E-state index contributed by atoms with van der Waals surface area (Å²) in [5.41, 5.74) is 1.65. The first-order valence-corrected chi connectivity index (χ1v) is 9.15. The number of halogens is 1. The average molecular weight is 362 g/mol. The summed E-state index contributed by atoms with van der Waals surface area (Å²) in [4.78, 5) is 16.8. The molecule has 132 valence electrons. The lowest BCUT2D eigenvalue weighted by atomic mass is 9.96. The van der Waals surface area contributed by atoms with Crippen molar-refractivity contribution in [1.82, 2.24) is 14.8 Å². The SMILES string of the molecule is CCSCCOC(=O)C1=C(C)Nc2ncnn2C1c1cccc(F)c1. The first-order valence-electron chi connectivity index (χ1n) is 7.99. The van der Waals surface area contributed by atoms with Gasteiger partial charge in [-0.25, -0.2) is 13.9 Å². The molecular formula is C17H19FN4O2S. The maximum absolute atomic E-state index is 13.7. The van der Waals surface area contributed by atoms with E-state index in [2.05, 4.69) is 22.3 Å². The number of carbonyl (C=O) groups is 1. The van der Waals surface area contributed by atoms with Crippen LogP contribution in [0.25, 0.3) is 0 Å². The molecular weight excluding hydrogens is 343 g/mol. The molecule has 1 aliphatic rings. The maximum atomic E-state index is 13.7. The standard InChI is InChI=1S/C17H19FN4O2S/c1-3-25-8-7-24-16(23)14-11(2)21-17-19-10-20-22(17)15(14)12-5-4-6-13(18)9-12/h4-6,9-10,15H,3,7-8H2,1-2H3,(H,19,20,21). The number of hydrogen-bond acceptors (Lipinski definition) is 6. The number of hydrogen-bond donors (Lipinski definition) is 1. The zero-order valence-electron chi connectivity index (χ0n) is 14.0. The summed E-state index contributed by atoms with van der Waals surface area (Å²) in [7, 11) is 0. The fraction of sp³-hybridized carbons (Fsp3) is 0.353. The lowest BCUT2D eigenvalue weighted by Crippen LogP contribution is -2.30. The number of thioether (sulfide) groups is 1. The van der Waals surface area contributed by atoms with Gasteiger partial charge in [0.15, 0.2) is 0 Å². The van der Waals surface area contributed by atoms with Crippen LogP contribution < -0.4 is 5.32 Å². The minimum Gasteiger partial charge on any atom is -0.461 e. The number of rotatable bonds is 6. The summed E-state index contributed by atoms with van der Waals surface area (Å²) in [5.74, 6) is 1.40. The van der Waals surface area contributed by atoms with Gasteiger partial charge in [0.25, 0.3) is 0 Å². The number of carbonyl (C=O) groups excluding carboxylic acids is 1. The second-order valence-electron chi connectivity index (χ2n) is 5.48. The monoisotopic (exact) mass is 362 g/mol. The summed E-state index contributed by atoms with van der Waals surface area (Å²) in [5, 5.41) is 7.25. The van der Waals surface area contributed by atoms with Crippen LogP contribution in [-0.4, -0.2) is 38.8 Å². The molecule has 0 saturated carbocycles. The number of ether oxygens (including phenoxy) is 1. The highest BCUT2D eigenvalue weighted by atomic mass is 32.2. The van der Waals surface area contributed by atoms with Crippen LogP contribution in [0.1, 0.15) is 25.5 Å². The van der Waals surface area contributed by atoms with Gasteiger partial charge in [-0.2, -0.15) is 21.8 Å². The van der Waals surface area contributed by atoms with Crippen molar-refractivity contribution in [2.75, 3.05) is 23.4 Å². The predicted molar refractivity (Wildman–Crippen MR) is 94.8 cm³/mol. The Hall–Kier alpha value is -2.35. The zero-order valence-corrected chi connectivity index (χ0v) is 14.8. The van der Waals surface area contributed by atoms with Gasteiger partial charge in [0, 0.05) is 11.4 Å². The number of esters is 1. The molecule has 2 aromatic rings. The molecule has 0 amide bonds. The first-order chi connectivity index (χ1) is 12.1. The van der Waals surface area contributed by atoms with Crippen molar-refractivity contribution in [1.29, 1.82) is 0 Å². The number of fused-ring (bicyclic) bond motifs is 1. The summed E-state index contributed by atoms with van der Waals surface area (Å²) in [6, 6.07) is 5.55. The molecule has 0 spiro atoms. The highest BCUT2D eigenvalue weighted by molar-refractivity contribution is 7.99. The third kappa shape index (κ3) is 3.68. The van der Waals surface area contributed by atoms with Crippen LogP contribution in [-0.2, 0) is 9.53 Å². The Morgan fingerprint density at radius 1 is 1.48 bits per heavy atom. The minimum absolute atomic E-state index is 0.328. The van der Waals surface area contributed by atoms with Gasteiger partial charge < -0.3 is 10.1 Å². The lowest BCUT2D eigenvalue weighted by Gasteiger charge is -2.28. The molecule has 0 radical (unpaired) electrons. The van der Waals surface area contributed by atoms with Crippen LogP contribution in [0.4, 0.5) is 10.3 Å². The van der Waals surface area contributed by atoms with E-state index < -0.39 is 12.0 Å². The summed E-state index contributed by atoms with van der Waals surface area (Å²) in [6.07, 6.45) is 1.40. The predicted octanol–water partition coefficient (Wildman–Crippen LogP) is 3.00. The molecule has 3 rings (SSSR count). The number of benzene rings is 1. The van der Waals surface area contributed by atoms with Crippen LogP contribution in [0, 0.1) is 5.82 Å². The molecule has 0 bridgehead atoms. The van der Waals surface area contributed by atoms with Gasteiger partial charge in [0.2, 0.25) is 5.95 Å². The van der Waals surface area contributed by atoms with Crippen molar-refractivity contribution in [3.63, 3.8) is 0 Å². The van der Waals surface area contributed by atoms with Crippen LogP contribution in [0.3, 0.4) is 0 Å². The van der Waals surface area contributed by atoms with Crippen molar-refractivity contribution in [2.45, 2.75) is 19.9 Å². The highest BCUT2D eigenvalue weighted by Gasteiger charge is 2.34. The molecule has 2 heterocycles. The van der Waals surface area contributed by atoms with Crippen molar-refractivity contribution >= 4 is 23.7 Å². The largest absolute Gasteiger partial charge is 0.461 e. The van der Waals surface area contributed by atoms with E-state index in [1.54, 1.807) is 35.5 Å². The Morgan fingerprint density at radius 2 is 2.32 bits per heavy atom. The summed E-state index contributed by atoms with van der Waals surface area (Å²) in [6.45, 7) is 4.16. The average Bonchev–Trinajstić information content (AvgIpc) is 3.05. The van der Waals surface area contributed by atoms with E-state index in [9.17, 15) is 9.18 Å². The molecule has 1 unspecified atom stereocenters. The Balaban J connectivity index is 1.94. The molecule has 6 nitrogen and oxygen atoms in total. The van der Waals surface area contributed by atoms with E-state index in [-0.39, 0.29) is 5.82 Å². The minimum atomic E-state index is -0.583. The maximum Gasteiger partial charge on any atom is 0.338 e. The fourth-order valence-corrected chi connectivity index (χ4v) is 3.25. The normalized spacial score (nSPS) is 16.4. The van der Waals surface area contributed by atoms with Gasteiger partial charge in [-0.05, 0) is 30.4 Å². The van der Waals surface area contributed by atoms with Crippen molar-refractivity contribution in [3.8, 4) is 0 Å². The van der Waals surface area contributed by atoms with Gasteiger partial charge in [-0.15, -0.1) is 0 Å². The Bertz CT molecular complexity index is 805. The topological polar surface area (TPSA) is 69.0 Å². The smallest absolute Gasteiger partial charge is 0.338 e. The molecule has 0 aliphatic carbocycles. The molecule has 25 heavy (non-hydrogen) atoms. The van der Waals surface area contributed by atoms with E-state index >= 15 is 0 Å². The second-order valence-corrected chi connectivity index (χ2v) is 6.88. The van der Waals surface area contributed by atoms with Crippen LogP contribution >= 0.6 is 11.8 Å². The molecule has 1 aliphatic heterocycles. The molecule has 1 aromatic heterocycles. The Kier molecular flexibility index (Phi) is 5.37. The number of nitrogens with one attached hydrogen (secondary N) is 1. The third-order valence-electron chi connectivity index (χ3n) is 3.84. The number of nitrogens with zero attached hydrogens (tertiary/aromatic N) is 3. The summed E-state index contributed by atoms with van der Waals surface area (Å²) >= 11 is 1.70. The van der Waals surface area contributed by atoms with E-state index in [4.69, 9.17) is 4.74 Å². The van der Waals surface area contributed by atoms with Crippen LogP contribution in [0.2, 0.25) is 0 Å². The zero-order chi connectivity index (χ0) is 17.8.